The fourth-order valence-electron chi connectivity index (χ4n) is 3.17. The first-order valence-corrected chi connectivity index (χ1v) is 8.14. The van der Waals surface area contributed by atoms with Gasteiger partial charge in [0, 0.05) is 12.4 Å². The molecule has 0 bridgehead atoms. The van der Waals surface area contributed by atoms with Crippen LogP contribution >= 0.6 is 0 Å². The van der Waals surface area contributed by atoms with E-state index in [-0.39, 0.29) is 16.6 Å². The monoisotopic (exact) mass is 405 g/mol. The minimum Gasteiger partial charge on any atom is -0.406 e. The van der Waals surface area contributed by atoms with Crippen molar-refractivity contribution in [3.63, 3.8) is 0 Å². The molecule has 0 aliphatic carbocycles. The number of ether oxygens (including phenoxy) is 1. The number of fused-ring (bicyclic) bond motifs is 2. The number of hydrogen-bond donors (Lipinski definition) is 2. The molecule has 4 aromatic rings. The Kier molecular flexibility index (Phi) is 4.03. The number of benzene rings is 2. The van der Waals surface area contributed by atoms with Crippen LogP contribution in [-0.4, -0.2) is 20.9 Å². The third-order valence-corrected chi connectivity index (χ3v) is 4.34. The van der Waals surface area contributed by atoms with Gasteiger partial charge in [0.25, 0.3) is 11.1 Å². The Morgan fingerprint density at radius 2 is 1.45 bits per heavy atom. The summed E-state index contributed by atoms with van der Waals surface area (Å²) < 4.78 is 41.6. The summed E-state index contributed by atoms with van der Waals surface area (Å²) in [6, 6.07) is 4.69. The number of halogens is 3. The van der Waals surface area contributed by atoms with E-state index in [0.29, 0.717) is 4.57 Å². The Morgan fingerprint density at radius 3 is 1.97 bits per heavy atom. The number of hydrogen-bond acceptors (Lipinski definition) is 5. The van der Waals surface area contributed by atoms with Crippen LogP contribution in [0.1, 0.15) is 5.56 Å². The summed E-state index contributed by atoms with van der Waals surface area (Å²) in [5, 5.41) is -1.13. The molecule has 11 heteroatoms. The molecule has 0 aliphatic heterocycles. The Bertz CT molecular complexity index is 1400. The molecule has 2 aromatic heterocycles. The smallest absolute Gasteiger partial charge is 0.406 e. The quantitative estimate of drug-likeness (QED) is 0.533. The number of aromatic amines is 2. The molecule has 0 aliphatic rings. The zero-order chi connectivity index (χ0) is 20.9. The number of nitrogens with zero attached hydrogens (tertiary/aromatic N) is 1. The fourth-order valence-corrected chi connectivity index (χ4v) is 3.17. The van der Waals surface area contributed by atoms with Crippen molar-refractivity contribution < 1.29 is 17.9 Å². The third-order valence-electron chi connectivity index (χ3n) is 4.34. The Balaban J connectivity index is 1.91. The van der Waals surface area contributed by atoms with Gasteiger partial charge in [-0.2, -0.15) is 0 Å². The van der Waals surface area contributed by atoms with Gasteiger partial charge in [-0.1, -0.05) is 12.1 Å². The van der Waals surface area contributed by atoms with Gasteiger partial charge in [-0.3, -0.25) is 23.7 Å². The number of aromatic nitrogens is 3. The minimum atomic E-state index is -4.91. The van der Waals surface area contributed by atoms with Crippen LogP contribution in [0, 0.1) is 0 Å². The van der Waals surface area contributed by atoms with E-state index >= 15 is 0 Å². The van der Waals surface area contributed by atoms with Gasteiger partial charge in [-0.15, -0.1) is 13.2 Å². The summed E-state index contributed by atoms with van der Waals surface area (Å²) in [7, 11) is 0. The van der Waals surface area contributed by atoms with Gasteiger partial charge in [0.1, 0.15) is 27.6 Å². The van der Waals surface area contributed by atoms with Crippen LogP contribution < -0.4 is 26.7 Å². The van der Waals surface area contributed by atoms with Gasteiger partial charge in [-0.25, -0.2) is 0 Å². The minimum absolute atomic E-state index is 0.142. The highest BCUT2D eigenvalue weighted by Gasteiger charge is 2.31. The second kappa shape index (κ2) is 6.33. The number of nitrogens with one attached hydrogen (secondary N) is 2. The molecule has 0 saturated carbocycles. The predicted molar refractivity (Wildman–Crippen MR) is 96.6 cm³/mol. The Labute approximate surface area is 157 Å². The SMILES string of the molecule is O=c1c2[nH]cc[nH]c2c(=O)c2c(=O)n(Cc3cccc(OC(F)(F)F)c3)c(=O)c12. The van der Waals surface area contributed by atoms with Crippen molar-refractivity contribution in [1.29, 1.82) is 0 Å². The zero-order valence-corrected chi connectivity index (χ0v) is 14.3. The second-order valence-electron chi connectivity index (χ2n) is 6.17. The van der Waals surface area contributed by atoms with Crippen LogP contribution in [0.3, 0.4) is 0 Å². The lowest BCUT2D eigenvalue weighted by Gasteiger charge is -2.10. The lowest BCUT2D eigenvalue weighted by atomic mass is 10.1. The Morgan fingerprint density at radius 1 is 0.897 bits per heavy atom. The molecule has 0 atom stereocenters. The molecule has 0 fully saturated rings. The molecule has 0 unspecified atom stereocenters. The average Bonchev–Trinajstić information content (AvgIpc) is 2.90. The molecule has 4 rings (SSSR count). The lowest BCUT2D eigenvalue weighted by molar-refractivity contribution is -0.274. The molecule has 0 amide bonds. The molecule has 8 nitrogen and oxygen atoms in total. The third kappa shape index (κ3) is 3.06. The first kappa shape index (κ1) is 18.5. The molecule has 0 radical (unpaired) electrons. The molecule has 0 spiro atoms. The standard InChI is InChI=1S/C18H10F3N3O5/c19-18(20,21)29-9-3-1-2-8(6-9)7-24-16(27)10-11(17(24)28)15(26)13-12(14(10)25)22-4-5-23-13/h1-6,22-23H,7H2. The van der Waals surface area contributed by atoms with E-state index in [4.69, 9.17) is 0 Å². The van der Waals surface area contributed by atoms with Gasteiger partial charge in [0.15, 0.2) is 0 Å². The van der Waals surface area contributed by atoms with Gasteiger partial charge in [-0.05, 0) is 17.7 Å². The van der Waals surface area contributed by atoms with Crippen molar-refractivity contribution >= 4 is 21.8 Å². The molecular formula is C18H10F3N3O5. The molecule has 148 valence electrons. The van der Waals surface area contributed by atoms with Crippen LogP contribution in [0.5, 0.6) is 5.75 Å². The van der Waals surface area contributed by atoms with Gasteiger partial charge in [0.05, 0.1) is 6.54 Å². The Hall–Kier alpha value is -3.89. The highest BCUT2D eigenvalue weighted by Crippen LogP contribution is 2.23. The summed E-state index contributed by atoms with van der Waals surface area (Å²) in [5.74, 6) is -0.532. The van der Waals surface area contributed by atoms with Crippen LogP contribution in [0.25, 0.3) is 21.8 Å². The topological polar surface area (TPSA) is 114 Å². The highest BCUT2D eigenvalue weighted by atomic mass is 19.4. The number of H-pyrrole nitrogens is 2. The first-order valence-electron chi connectivity index (χ1n) is 8.14. The van der Waals surface area contributed by atoms with E-state index < -0.39 is 51.4 Å². The van der Waals surface area contributed by atoms with Crippen LogP contribution in [0.4, 0.5) is 13.2 Å². The van der Waals surface area contributed by atoms with Crippen molar-refractivity contribution in [2.75, 3.05) is 0 Å². The maximum atomic E-state index is 12.7. The van der Waals surface area contributed by atoms with E-state index in [9.17, 15) is 32.3 Å². The summed E-state index contributed by atoms with van der Waals surface area (Å²) in [6.45, 7) is -0.440. The summed E-state index contributed by atoms with van der Waals surface area (Å²) in [6.07, 6.45) is -2.21. The molecule has 2 N–H and O–H groups in total. The predicted octanol–water partition coefficient (Wildman–Crippen LogP) is 1.28. The normalized spacial score (nSPS) is 12.0. The summed E-state index contributed by atoms with van der Waals surface area (Å²) in [5.41, 5.74) is -3.78. The van der Waals surface area contributed by atoms with Gasteiger partial charge < -0.3 is 14.7 Å². The zero-order valence-electron chi connectivity index (χ0n) is 14.3. The molecule has 2 heterocycles. The summed E-state index contributed by atoms with van der Waals surface area (Å²) in [4.78, 5) is 55.7. The van der Waals surface area contributed by atoms with Crippen LogP contribution in [-0.2, 0) is 6.54 Å². The van der Waals surface area contributed by atoms with E-state index in [0.717, 1.165) is 12.1 Å². The molecule has 29 heavy (non-hydrogen) atoms. The number of alkyl halides is 3. The largest absolute Gasteiger partial charge is 0.573 e. The van der Waals surface area contributed by atoms with E-state index in [2.05, 4.69) is 14.7 Å². The van der Waals surface area contributed by atoms with Crippen molar-refractivity contribution in [2.45, 2.75) is 12.9 Å². The second-order valence-corrected chi connectivity index (χ2v) is 6.17. The van der Waals surface area contributed by atoms with Gasteiger partial charge in [0.2, 0.25) is 10.9 Å². The van der Waals surface area contributed by atoms with E-state index in [1.54, 1.807) is 0 Å². The molecule has 0 saturated heterocycles. The molecule has 2 aromatic carbocycles. The van der Waals surface area contributed by atoms with Crippen LogP contribution in [0.15, 0.2) is 55.8 Å². The highest BCUT2D eigenvalue weighted by molar-refractivity contribution is 5.93. The maximum absolute atomic E-state index is 12.7. The van der Waals surface area contributed by atoms with Crippen molar-refractivity contribution in [1.82, 2.24) is 14.5 Å². The van der Waals surface area contributed by atoms with Gasteiger partial charge >= 0.3 is 6.36 Å². The van der Waals surface area contributed by atoms with Crippen molar-refractivity contribution in [3.8, 4) is 5.75 Å². The van der Waals surface area contributed by atoms with E-state index in [1.807, 2.05) is 0 Å². The first-order chi connectivity index (χ1) is 13.7. The van der Waals surface area contributed by atoms with E-state index in [1.165, 1.54) is 24.5 Å². The van der Waals surface area contributed by atoms with Crippen molar-refractivity contribution in [3.05, 3.63) is 83.4 Å². The molecular weight excluding hydrogens is 395 g/mol. The van der Waals surface area contributed by atoms with Crippen molar-refractivity contribution in [2.24, 2.45) is 0 Å². The summed E-state index contributed by atoms with van der Waals surface area (Å²) >= 11 is 0. The average molecular weight is 405 g/mol. The lowest BCUT2D eigenvalue weighted by Crippen LogP contribution is -2.27. The van der Waals surface area contributed by atoms with Crippen LogP contribution in [0.2, 0.25) is 0 Å². The number of rotatable bonds is 3. The fraction of sp³-hybridized carbons (Fsp3) is 0.111. The maximum Gasteiger partial charge on any atom is 0.573 e.